The van der Waals surface area contributed by atoms with Crippen LogP contribution in [0.5, 0.6) is 0 Å². The molecule has 0 fully saturated rings. The zero-order valence-corrected chi connectivity index (χ0v) is 12.9. The van der Waals surface area contributed by atoms with Gasteiger partial charge in [-0.2, -0.15) is 0 Å². The predicted octanol–water partition coefficient (Wildman–Crippen LogP) is 1.82. The van der Waals surface area contributed by atoms with Crippen LogP contribution < -0.4 is 10.6 Å². The second-order valence-corrected chi connectivity index (χ2v) is 6.32. The third kappa shape index (κ3) is 4.30. The fourth-order valence-corrected chi connectivity index (χ4v) is 2.61. The Kier molecular flexibility index (Phi) is 5.61. The van der Waals surface area contributed by atoms with Crippen LogP contribution >= 0.6 is 27.3 Å². The van der Waals surface area contributed by atoms with Crippen molar-refractivity contribution < 1.29 is 9.59 Å². The number of carbonyl (C=O) groups is 2. The highest BCUT2D eigenvalue weighted by atomic mass is 79.9. The molecule has 0 unspecified atom stereocenters. The molecular weight excluding hydrogens is 318 g/mol. The largest absolute Gasteiger partial charge is 0.350 e. The Labute approximate surface area is 119 Å². The number of aryl methyl sites for hydroxylation is 1. The Bertz CT molecular complexity index is 426. The first-order valence-electron chi connectivity index (χ1n) is 5.41. The zero-order chi connectivity index (χ0) is 13.7. The van der Waals surface area contributed by atoms with Gasteiger partial charge in [0, 0.05) is 27.2 Å². The van der Waals surface area contributed by atoms with Crippen molar-refractivity contribution >= 4 is 39.2 Å². The Balaban J connectivity index is 2.32. The fraction of sp³-hybridized carbons (Fsp3) is 0.455. The molecule has 18 heavy (non-hydrogen) atoms. The Morgan fingerprint density at radius 3 is 2.44 bits per heavy atom. The van der Waals surface area contributed by atoms with Gasteiger partial charge in [-0.05, 0) is 34.5 Å². The summed E-state index contributed by atoms with van der Waals surface area (Å²) in [5.74, 6) is -0.118. The highest BCUT2D eigenvalue weighted by Gasteiger charge is 2.10. The number of nitrogens with one attached hydrogen (secondary N) is 2. The van der Waals surface area contributed by atoms with Crippen molar-refractivity contribution in [2.75, 3.05) is 27.2 Å². The number of nitrogens with zero attached hydrogens (tertiary/aromatic N) is 1. The number of thiophene rings is 1. The smallest absolute Gasteiger partial charge is 0.316 e. The normalized spacial score (nSPS) is 10.0. The summed E-state index contributed by atoms with van der Waals surface area (Å²) in [5.41, 5.74) is 1.05. The highest BCUT2D eigenvalue weighted by molar-refractivity contribution is 9.11. The molecule has 0 aromatic carbocycles. The Morgan fingerprint density at radius 2 is 1.94 bits per heavy atom. The molecule has 0 aliphatic heterocycles. The van der Waals surface area contributed by atoms with Gasteiger partial charge in [-0.3, -0.25) is 4.79 Å². The minimum Gasteiger partial charge on any atom is -0.350 e. The number of urea groups is 1. The van der Waals surface area contributed by atoms with Crippen LogP contribution in [0.3, 0.4) is 0 Å². The molecule has 0 bridgehead atoms. The zero-order valence-electron chi connectivity index (χ0n) is 10.5. The maximum Gasteiger partial charge on any atom is 0.316 e. The van der Waals surface area contributed by atoms with E-state index in [0.29, 0.717) is 18.0 Å². The maximum atomic E-state index is 11.7. The van der Waals surface area contributed by atoms with Crippen LogP contribution in [0.2, 0.25) is 0 Å². The van der Waals surface area contributed by atoms with Crippen LogP contribution in [0.15, 0.2) is 9.85 Å². The van der Waals surface area contributed by atoms with Gasteiger partial charge in [-0.1, -0.05) is 0 Å². The number of hydrogen-bond donors (Lipinski definition) is 2. The number of halogens is 1. The third-order valence-corrected chi connectivity index (χ3v) is 4.31. The van der Waals surface area contributed by atoms with Gasteiger partial charge in [0.2, 0.25) is 0 Å². The lowest BCUT2D eigenvalue weighted by Crippen LogP contribution is -2.39. The fourth-order valence-electron chi connectivity index (χ4n) is 1.16. The summed E-state index contributed by atoms with van der Waals surface area (Å²) in [6.07, 6.45) is 0. The summed E-state index contributed by atoms with van der Waals surface area (Å²) in [5, 5.41) is 5.42. The first-order chi connectivity index (χ1) is 8.41. The van der Waals surface area contributed by atoms with E-state index in [1.807, 2.05) is 13.0 Å². The van der Waals surface area contributed by atoms with Crippen LogP contribution in [0.1, 0.15) is 15.2 Å². The molecule has 2 N–H and O–H groups in total. The van der Waals surface area contributed by atoms with E-state index in [9.17, 15) is 9.59 Å². The summed E-state index contributed by atoms with van der Waals surface area (Å²) < 4.78 is 0.966. The molecule has 0 atom stereocenters. The van der Waals surface area contributed by atoms with Gasteiger partial charge in [0.15, 0.2) is 0 Å². The third-order valence-electron chi connectivity index (χ3n) is 2.17. The van der Waals surface area contributed by atoms with Crippen molar-refractivity contribution in [2.24, 2.45) is 0 Å². The lowest BCUT2D eigenvalue weighted by molar-refractivity contribution is 0.0957. The first-order valence-corrected chi connectivity index (χ1v) is 7.02. The van der Waals surface area contributed by atoms with Crippen LogP contribution in [0.25, 0.3) is 0 Å². The SMILES string of the molecule is Cc1cc(C(=O)NCCNC(=O)N(C)C)sc1Br. The van der Waals surface area contributed by atoms with Crippen LogP contribution in [-0.4, -0.2) is 44.0 Å². The summed E-state index contributed by atoms with van der Waals surface area (Å²) >= 11 is 4.78. The second-order valence-electron chi connectivity index (χ2n) is 3.95. The standard InChI is InChI=1S/C11H16BrN3O2S/c1-7-6-8(18-9(7)12)10(16)13-4-5-14-11(17)15(2)3/h6H,4-5H2,1-3H3,(H,13,16)(H,14,17). The highest BCUT2D eigenvalue weighted by Crippen LogP contribution is 2.26. The average Bonchev–Trinajstić information content (AvgIpc) is 2.64. The molecule has 100 valence electrons. The molecule has 0 saturated carbocycles. The van der Waals surface area contributed by atoms with E-state index in [-0.39, 0.29) is 11.9 Å². The van der Waals surface area contributed by atoms with Crippen molar-refractivity contribution in [3.63, 3.8) is 0 Å². The van der Waals surface area contributed by atoms with E-state index in [4.69, 9.17) is 0 Å². The molecule has 1 aromatic heterocycles. The van der Waals surface area contributed by atoms with E-state index in [1.54, 1.807) is 14.1 Å². The molecule has 0 spiro atoms. The van der Waals surface area contributed by atoms with E-state index < -0.39 is 0 Å². The predicted molar refractivity (Wildman–Crippen MR) is 76.2 cm³/mol. The molecule has 0 radical (unpaired) electrons. The van der Waals surface area contributed by atoms with Crippen molar-refractivity contribution in [2.45, 2.75) is 6.92 Å². The summed E-state index contributed by atoms with van der Waals surface area (Å²) in [7, 11) is 3.33. The lowest BCUT2D eigenvalue weighted by atomic mass is 10.3. The number of carbonyl (C=O) groups excluding carboxylic acids is 2. The maximum absolute atomic E-state index is 11.7. The first kappa shape index (κ1) is 15.0. The average molecular weight is 334 g/mol. The molecule has 1 rings (SSSR count). The number of hydrogen-bond acceptors (Lipinski definition) is 3. The van der Waals surface area contributed by atoms with Crippen LogP contribution in [0, 0.1) is 6.92 Å². The van der Waals surface area contributed by atoms with E-state index in [1.165, 1.54) is 16.2 Å². The molecule has 3 amide bonds. The number of rotatable bonds is 4. The molecule has 0 aliphatic rings. The van der Waals surface area contributed by atoms with Crippen molar-refractivity contribution in [3.05, 3.63) is 20.3 Å². The van der Waals surface area contributed by atoms with Crippen molar-refractivity contribution in [1.29, 1.82) is 0 Å². The van der Waals surface area contributed by atoms with Gasteiger partial charge in [0.05, 0.1) is 8.66 Å². The minimum absolute atomic E-state index is 0.118. The minimum atomic E-state index is -0.168. The van der Waals surface area contributed by atoms with E-state index >= 15 is 0 Å². The number of amides is 3. The lowest BCUT2D eigenvalue weighted by Gasteiger charge is -2.11. The van der Waals surface area contributed by atoms with E-state index in [0.717, 1.165) is 9.35 Å². The van der Waals surface area contributed by atoms with Gasteiger partial charge < -0.3 is 15.5 Å². The molecule has 1 heterocycles. The van der Waals surface area contributed by atoms with E-state index in [2.05, 4.69) is 26.6 Å². The van der Waals surface area contributed by atoms with Gasteiger partial charge >= 0.3 is 6.03 Å². The monoisotopic (exact) mass is 333 g/mol. The molecule has 0 saturated heterocycles. The van der Waals surface area contributed by atoms with Gasteiger partial charge in [0.1, 0.15) is 0 Å². The molecule has 1 aromatic rings. The quantitative estimate of drug-likeness (QED) is 0.825. The molecule has 7 heteroatoms. The van der Waals surface area contributed by atoms with Gasteiger partial charge in [-0.25, -0.2) is 4.79 Å². The Morgan fingerprint density at radius 1 is 1.33 bits per heavy atom. The second kappa shape index (κ2) is 6.75. The van der Waals surface area contributed by atoms with Crippen molar-refractivity contribution in [3.8, 4) is 0 Å². The molecular formula is C11H16BrN3O2S. The topological polar surface area (TPSA) is 61.4 Å². The van der Waals surface area contributed by atoms with Crippen LogP contribution in [-0.2, 0) is 0 Å². The van der Waals surface area contributed by atoms with Gasteiger partial charge in [-0.15, -0.1) is 11.3 Å². The summed E-state index contributed by atoms with van der Waals surface area (Å²) in [6.45, 7) is 2.76. The van der Waals surface area contributed by atoms with Crippen molar-refractivity contribution in [1.82, 2.24) is 15.5 Å². The van der Waals surface area contributed by atoms with Crippen LogP contribution in [0.4, 0.5) is 4.79 Å². The molecule has 5 nitrogen and oxygen atoms in total. The summed E-state index contributed by atoms with van der Waals surface area (Å²) in [4.78, 5) is 25.1. The Hall–Kier alpha value is -1.08. The van der Waals surface area contributed by atoms with Gasteiger partial charge in [0.25, 0.3) is 5.91 Å². The molecule has 0 aliphatic carbocycles. The summed E-state index contributed by atoms with van der Waals surface area (Å²) in [6, 6.07) is 1.67.